The largest absolute Gasteiger partial charge is 0.591 e. The smallest absolute Gasteiger partial charge is 0.144 e. The zero-order valence-corrected chi connectivity index (χ0v) is 10.2. The molecule has 76 valence electrons. The average molecular weight is 242 g/mol. The zero-order valence-electron chi connectivity index (χ0n) is 7.88. The molecule has 1 unspecified atom stereocenters. The number of hydrogen-bond donors (Lipinski definition) is 0. The molecule has 0 spiro atoms. The Bertz CT molecular complexity index is 225. The Morgan fingerprint density at radius 2 is 2.00 bits per heavy atom. The molecule has 0 N–H and O–H groups in total. The molecule has 5 heteroatoms. The molecule has 1 aliphatic carbocycles. The molecule has 1 rings (SSSR count). The maximum absolute atomic E-state index is 11.4. The third-order valence-corrected chi connectivity index (χ3v) is 3.96. The summed E-state index contributed by atoms with van der Waals surface area (Å²) in [7, 11) is 0. The van der Waals surface area contributed by atoms with Gasteiger partial charge in [0.25, 0.3) is 0 Å². The maximum atomic E-state index is 11.4. The Hall–Kier alpha value is 0.560. The van der Waals surface area contributed by atoms with Gasteiger partial charge in [0, 0.05) is 5.92 Å². The van der Waals surface area contributed by atoms with Crippen LogP contribution in [0.15, 0.2) is 4.40 Å². The van der Waals surface area contributed by atoms with Crippen LogP contribution in [0.5, 0.6) is 0 Å². The maximum Gasteiger partial charge on any atom is 0.144 e. The molecule has 0 bridgehead atoms. The van der Waals surface area contributed by atoms with Crippen LogP contribution in [0.25, 0.3) is 0 Å². The molecule has 0 aromatic rings. The fraction of sp³-hybridized carbons (Fsp3) is 0.875. The summed E-state index contributed by atoms with van der Waals surface area (Å²) in [5.74, 6) is 0.0714. The molecule has 2 nitrogen and oxygen atoms in total. The molecule has 0 aromatic heterocycles. The van der Waals surface area contributed by atoms with Crippen molar-refractivity contribution >= 4 is 40.8 Å². The van der Waals surface area contributed by atoms with E-state index in [1.54, 1.807) is 6.21 Å². The van der Waals surface area contributed by atoms with E-state index in [0.717, 1.165) is 0 Å². The molecule has 1 saturated carbocycles. The Kier molecular flexibility index (Phi) is 3.23. The number of alkyl halides is 2. The lowest BCUT2D eigenvalue weighted by Crippen LogP contribution is -2.26. The van der Waals surface area contributed by atoms with Crippen LogP contribution in [0, 0.1) is 5.92 Å². The minimum absolute atomic E-state index is 0.0714. The van der Waals surface area contributed by atoms with Crippen LogP contribution < -0.4 is 0 Å². The molecule has 0 amide bonds. The van der Waals surface area contributed by atoms with Crippen molar-refractivity contribution in [2.75, 3.05) is 0 Å². The Labute approximate surface area is 92.0 Å². The number of nitrogens with zero attached hydrogens (tertiary/aromatic N) is 1. The number of hydrogen-bond acceptors (Lipinski definition) is 2. The second-order valence-electron chi connectivity index (χ2n) is 4.19. The van der Waals surface area contributed by atoms with E-state index in [1.165, 1.54) is 0 Å². The average Bonchev–Trinajstić information content (AvgIpc) is 2.52. The third kappa shape index (κ3) is 3.31. The summed E-state index contributed by atoms with van der Waals surface area (Å²) >= 11 is 10.4. The van der Waals surface area contributed by atoms with Gasteiger partial charge in [-0.3, -0.25) is 0 Å². The van der Waals surface area contributed by atoms with Crippen LogP contribution in [0.2, 0.25) is 0 Å². The highest BCUT2D eigenvalue weighted by Crippen LogP contribution is 2.52. The van der Waals surface area contributed by atoms with Gasteiger partial charge in [-0.2, -0.15) is 0 Å². The second-order valence-corrected chi connectivity index (χ2v) is 7.66. The van der Waals surface area contributed by atoms with Gasteiger partial charge in [-0.05, 0) is 27.2 Å². The standard InChI is InChI=1S/C8H13Cl2NOS/c1-7(2,3)13(12)11-5-6-4-8(6,9)10/h5-6H,4H2,1-3H3/b11-5-/t6-,13?/m0/s1. The van der Waals surface area contributed by atoms with Crippen molar-refractivity contribution in [3.8, 4) is 0 Å². The minimum atomic E-state index is -1.20. The van der Waals surface area contributed by atoms with Gasteiger partial charge >= 0.3 is 0 Å². The van der Waals surface area contributed by atoms with Crippen molar-refractivity contribution in [3.63, 3.8) is 0 Å². The first kappa shape index (κ1) is 11.6. The first-order chi connectivity index (χ1) is 5.73. The van der Waals surface area contributed by atoms with Crippen LogP contribution in [-0.4, -0.2) is 19.8 Å². The van der Waals surface area contributed by atoms with Gasteiger partial charge < -0.3 is 4.55 Å². The molecule has 0 heterocycles. The fourth-order valence-electron chi connectivity index (χ4n) is 0.683. The van der Waals surface area contributed by atoms with Crippen molar-refractivity contribution in [1.29, 1.82) is 0 Å². The zero-order chi connectivity index (χ0) is 10.3. The summed E-state index contributed by atoms with van der Waals surface area (Å²) < 4.78 is 14.4. The summed E-state index contributed by atoms with van der Waals surface area (Å²) in [5.41, 5.74) is 0. The number of halogens is 2. The molecule has 1 fully saturated rings. The molecule has 0 radical (unpaired) electrons. The molecule has 0 aliphatic heterocycles. The Balaban J connectivity index is 2.42. The predicted octanol–water partition coefficient (Wildman–Crippen LogP) is 2.71. The highest BCUT2D eigenvalue weighted by Gasteiger charge is 2.51. The van der Waals surface area contributed by atoms with E-state index >= 15 is 0 Å². The molecule has 13 heavy (non-hydrogen) atoms. The van der Waals surface area contributed by atoms with Gasteiger partial charge in [0.05, 0.1) is 6.21 Å². The second kappa shape index (κ2) is 3.61. The van der Waals surface area contributed by atoms with Crippen molar-refractivity contribution in [2.45, 2.75) is 36.3 Å². The molecule has 0 aromatic carbocycles. The topological polar surface area (TPSA) is 35.4 Å². The summed E-state index contributed by atoms with van der Waals surface area (Å²) in [6.45, 7) is 5.63. The van der Waals surface area contributed by atoms with E-state index in [9.17, 15) is 4.55 Å². The van der Waals surface area contributed by atoms with Gasteiger partial charge in [0.2, 0.25) is 0 Å². The Morgan fingerprint density at radius 1 is 1.54 bits per heavy atom. The van der Waals surface area contributed by atoms with Gasteiger partial charge in [-0.25, -0.2) is 0 Å². The molecule has 1 aliphatic rings. The van der Waals surface area contributed by atoms with Gasteiger partial charge in [0.15, 0.2) is 0 Å². The molecule has 2 atom stereocenters. The van der Waals surface area contributed by atoms with E-state index in [-0.39, 0.29) is 10.7 Å². The fourth-order valence-corrected chi connectivity index (χ4v) is 1.70. The van der Waals surface area contributed by atoms with Crippen molar-refractivity contribution in [3.05, 3.63) is 0 Å². The van der Waals surface area contributed by atoms with Gasteiger partial charge in [-0.1, -0.05) is 4.40 Å². The lowest BCUT2D eigenvalue weighted by atomic mass is 10.3. The normalized spacial score (nSPS) is 29.2. The van der Waals surface area contributed by atoms with Crippen molar-refractivity contribution < 1.29 is 4.55 Å². The van der Waals surface area contributed by atoms with E-state index in [0.29, 0.717) is 6.42 Å². The number of rotatable bonds is 2. The Morgan fingerprint density at radius 3 is 2.31 bits per heavy atom. The summed E-state index contributed by atoms with van der Waals surface area (Å²) in [4.78, 5) is 0. The lowest BCUT2D eigenvalue weighted by Gasteiger charge is -2.17. The third-order valence-electron chi connectivity index (χ3n) is 1.73. The summed E-state index contributed by atoms with van der Waals surface area (Å²) in [6, 6.07) is 0. The lowest BCUT2D eigenvalue weighted by molar-refractivity contribution is 0.561. The summed E-state index contributed by atoms with van der Waals surface area (Å²) in [6.07, 6.45) is 2.32. The molecule has 0 saturated heterocycles. The van der Waals surface area contributed by atoms with E-state index in [1.807, 2.05) is 20.8 Å². The van der Waals surface area contributed by atoms with Gasteiger partial charge in [-0.15, -0.1) is 23.2 Å². The first-order valence-corrected chi connectivity index (χ1v) is 5.94. The van der Waals surface area contributed by atoms with Crippen molar-refractivity contribution in [1.82, 2.24) is 0 Å². The minimum Gasteiger partial charge on any atom is -0.591 e. The molecular formula is C8H13Cl2NOS. The molecular weight excluding hydrogens is 229 g/mol. The first-order valence-electron chi connectivity index (χ1n) is 4.07. The monoisotopic (exact) mass is 241 g/mol. The summed E-state index contributed by atoms with van der Waals surface area (Å²) in [5, 5.41) is 0. The van der Waals surface area contributed by atoms with Crippen LogP contribution in [0.4, 0.5) is 0 Å². The van der Waals surface area contributed by atoms with Crippen LogP contribution in [0.3, 0.4) is 0 Å². The van der Waals surface area contributed by atoms with E-state index in [4.69, 9.17) is 23.2 Å². The van der Waals surface area contributed by atoms with Crippen LogP contribution in [0.1, 0.15) is 27.2 Å². The van der Waals surface area contributed by atoms with Gasteiger partial charge in [0.1, 0.15) is 20.4 Å². The predicted molar refractivity (Wildman–Crippen MR) is 58.9 cm³/mol. The van der Waals surface area contributed by atoms with E-state index < -0.39 is 15.7 Å². The highest BCUT2D eigenvalue weighted by atomic mass is 35.5. The van der Waals surface area contributed by atoms with Crippen molar-refractivity contribution in [2.24, 2.45) is 10.3 Å². The SMILES string of the molecule is CC(C)(C)[S+]([O-])/N=C\[C@@H]1CC1(Cl)Cl. The van der Waals surface area contributed by atoms with Crippen LogP contribution >= 0.6 is 23.2 Å². The quantitative estimate of drug-likeness (QED) is 0.416. The highest BCUT2D eigenvalue weighted by molar-refractivity contribution is 7.91. The van der Waals surface area contributed by atoms with Crippen LogP contribution in [-0.2, 0) is 11.4 Å². The van der Waals surface area contributed by atoms with E-state index in [2.05, 4.69) is 4.40 Å².